The Morgan fingerprint density at radius 3 is 2.67 bits per heavy atom. The number of hydrogen-bond acceptors (Lipinski definition) is 8. The third kappa shape index (κ3) is 3.17. The van der Waals surface area contributed by atoms with Crippen molar-refractivity contribution in [1.82, 2.24) is 20.1 Å². The molecule has 1 aliphatic heterocycles. The fourth-order valence-corrected chi connectivity index (χ4v) is 3.33. The van der Waals surface area contributed by atoms with E-state index in [4.69, 9.17) is 10.6 Å². The van der Waals surface area contributed by atoms with Crippen LogP contribution in [0.2, 0.25) is 0 Å². The van der Waals surface area contributed by atoms with Crippen molar-refractivity contribution in [2.45, 2.75) is 25.8 Å². The largest absolute Gasteiger partial charge is 0.398 e. The summed E-state index contributed by atoms with van der Waals surface area (Å²) in [5, 5.41) is 8.30. The third-order valence-electron chi connectivity index (χ3n) is 4.92. The number of fused-ring (bicyclic) bond motifs is 1. The lowest BCUT2D eigenvalue weighted by Gasteiger charge is -2.28. The number of aryl methyl sites for hydroxylation is 1. The lowest BCUT2D eigenvalue weighted by molar-refractivity contribution is -0.187. The van der Waals surface area contributed by atoms with Gasteiger partial charge in [0.05, 0.1) is 10.9 Å². The number of aromatic nitrogens is 3. The SMILES string of the molecule is Cc1ccccc1C(=O)ON1C(=O)CCC(n2nnc3cccc(N)c3c2=O)C1=O. The highest BCUT2D eigenvalue weighted by Crippen LogP contribution is 2.24. The number of hydroxylamine groups is 2. The van der Waals surface area contributed by atoms with Crippen LogP contribution in [0.5, 0.6) is 0 Å². The zero-order valence-electron chi connectivity index (χ0n) is 15.9. The maximum absolute atomic E-state index is 12.9. The van der Waals surface area contributed by atoms with Gasteiger partial charge in [-0.1, -0.05) is 29.5 Å². The van der Waals surface area contributed by atoms with E-state index in [2.05, 4.69) is 10.3 Å². The molecule has 2 amide bonds. The molecule has 0 bridgehead atoms. The molecule has 1 aromatic heterocycles. The molecule has 2 aromatic carbocycles. The summed E-state index contributed by atoms with van der Waals surface area (Å²) in [6.07, 6.45) is -0.100. The summed E-state index contributed by atoms with van der Waals surface area (Å²) in [5.41, 5.74) is 6.60. The second-order valence-corrected chi connectivity index (χ2v) is 6.86. The normalized spacial score (nSPS) is 16.7. The van der Waals surface area contributed by atoms with Gasteiger partial charge in [-0.05, 0) is 37.1 Å². The summed E-state index contributed by atoms with van der Waals surface area (Å²) in [6, 6.07) is 10.2. The van der Waals surface area contributed by atoms with Crippen molar-refractivity contribution in [1.29, 1.82) is 0 Å². The molecule has 10 nitrogen and oxygen atoms in total. The van der Waals surface area contributed by atoms with Gasteiger partial charge in [-0.3, -0.25) is 14.4 Å². The summed E-state index contributed by atoms with van der Waals surface area (Å²) in [5.74, 6) is -2.41. The number of nitrogens with zero attached hydrogens (tertiary/aromatic N) is 4. The summed E-state index contributed by atoms with van der Waals surface area (Å²) >= 11 is 0. The number of anilines is 1. The van der Waals surface area contributed by atoms with Gasteiger partial charge in [0.1, 0.15) is 11.6 Å². The minimum absolute atomic E-state index is 0.0168. The van der Waals surface area contributed by atoms with Crippen LogP contribution in [-0.2, 0) is 14.4 Å². The molecular weight excluding hydrogens is 390 g/mol. The monoisotopic (exact) mass is 407 g/mol. The second-order valence-electron chi connectivity index (χ2n) is 6.86. The fraction of sp³-hybridized carbons (Fsp3) is 0.200. The van der Waals surface area contributed by atoms with Gasteiger partial charge in [-0.2, -0.15) is 4.68 Å². The van der Waals surface area contributed by atoms with Crippen LogP contribution in [-0.4, -0.2) is 37.8 Å². The molecule has 1 atom stereocenters. The molecule has 0 aliphatic carbocycles. The van der Waals surface area contributed by atoms with Crippen LogP contribution in [0.1, 0.15) is 34.8 Å². The minimum atomic E-state index is -1.16. The van der Waals surface area contributed by atoms with Crippen molar-refractivity contribution in [3.8, 4) is 0 Å². The van der Waals surface area contributed by atoms with E-state index in [1.165, 1.54) is 12.1 Å². The Balaban J connectivity index is 1.67. The summed E-state index contributed by atoms with van der Waals surface area (Å²) < 4.78 is 0.877. The number of carbonyl (C=O) groups is 3. The minimum Gasteiger partial charge on any atom is -0.398 e. The Bertz CT molecular complexity index is 1250. The van der Waals surface area contributed by atoms with Gasteiger partial charge in [0.15, 0.2) is 0 Å². The Labute approximate surface area is 169 Å². The molecular formula is C20H17N5O5. The lowest BCUT2D eigenvalue weighted by Crippen LogP contribution is -2.49. The molecule has 2 N–H and O–H groups in total. The van der Waals surface area contributed by atoms with Crippen molar-refractivity contribution < 1.29 is 19.2 Å². The van der Waals surface area contributed by atoms with Crippen molar-refractivity contribution in [3.63, 3.8) is 0 Å². The van der Waals surface area contributed by atoms with Crippen LogP contribution < -0.4 is 11.3 Å². The molecule has 1 saturated heterocycles. The molecule has 0 spiro atoms. The van der Waals surface area contributed by atoms with E-state index in [1.807, 2.05) is 0 Å². The number of rotatable bonds is 3. The quantitative estimate of drug-likeness (QED) is 0.504. The van der Waals surface area contributed by atoms with Gasteiger partial charge < -0.3 is 10.6 Å². The predicted molar refractivity (Wildman–Crippen MR) is 105 cm³/mol. The number of imide groups is 1. The molecule has 0 radical (unpaired) electrons. The Hall–Kier alpha value is -4.08. The van der Waals surface area contributed by atoms with E-state index in [-0.39, 0.29) is 29.5 Å². The average molecular weight is 407 g/mol. The van der Waals surface area contributed by atoms with E-state index >= 15 is 0 Å². The molecule has 3 aromatic rings. The van der Waals surface area contributed by atoms with Crippen LogP contribution in [0.15, 0.2) is 47.3 Å². The molecule has 30 heavy (non-hydrogen) atoms. The molecule has 0 saturated carbocycles. The first-order chi connectivity index (χ1) is 14.4. The molecule has 1 unspecified atom stereocenters. The number of benzene rings is 2. The standard InChI is InChI=1S/C20H17N5O5/c1-11-5-2-3-6-12(11)20(29)30-25-16(26)10-9-15(18(25)27)24-19(28)17-13(21)7-4-8-14(17)22-23-24/h2-8,15H,9-10,21H2,1H3. The van der Waals surface area contributed by atoms with Crippen LogP contribution >= 0.6 is 0 Å². The third-order valence-corrected chi connectivity index (χ3v) is 4.92. The Kier molecular flexibility index (Phi) is 4.74. The van der Waals surface area contributed by atoms with E-state index in [1.54, 1.807) is 37.3 Å². The molecule has 2 heterocycles. The summed E-state index contributed by atoms with van der Waals surface area (Å²) in [6.45, 7) is 1.70. The van der Waals surface area contributed by atoms with Crippen LogP contribution in [0.25, 0.3) is 10.9 Å². The number of nitrogen functional groups attached to an aromatic ring is 1. The summed E-state index contributed by atoms with van der Waals surface area (Å²) in [4.78, 5) is 55.7. The van der Waals surface area contributed by atoms with Gasteiger partial charge in [0, 0.05) is 12.1 Å². The Morgan fingerprint density at radius 1 is 1.13 bits per heavy atom. The number of nitrogens with two attached hydrogens (primary N) is 1. The topological polar surface area (TPSA) is 137 Å². The van der Waals surface area contributed by atoms with Crippen LogP contribution in [0, 0.1) is 6.92 Å². The zero-order chi connectivity index (χ0) is 21.4. The first-order valence-corrected chi connectivity index (χ1v) is 9.17. The number of piperidine rings is 1. The molecule has 1 fully saturated rings. The first kappa shape index (κ1) is 19.2. The van der Waals surface area contributed by atoms with Gasteiger partial charge in [-0.25, -0.2) is 4.79 Å². The van der Waals surface area contributed by atoms with Crippen molar-refractivity contribution in [3.05, 3.63) is 63.9 Å². The smallest absolute Gasteiger partial charge is 0.364 e. The van der Waals surface area contributed by atoms with Crippen molar-refractivity contribution >= 4 is 34.4 Å². The van der Waals surface area contributed by atoms with Crippen LogP contribution in [0.4, 0.5) is 5.69 Å². The van der Waals surface area contributed by atoms with E-state index in [0.29, 0.717) is 16.1 Å². The highest BCUT2D eigenvalue weighted by Gasteiger charge is 2.40. The lowest BCUT2D eigenvalue weighted by atomic mass is 10.1. The number of amides is 2. The van der Waals surface area contributed by atoms with Crippen LogP contribution in [0.3, 0.4) is 0 Å². The van der Waals surface area contributed by atoms with E-state index < -0.39 is 29.4 Å². The molecule has 10 heteroatoms. The van der Waals surface area contributed by atoms with Gasteiger partial charge >= 0.3 is 5.97 Å². The number of carbonyl (C=O) groups excluding carboxylic acids is 3. The predicted octanol–water partition coefficient (Wildman–Crippen LogP) is 1.14. The molecule has 152 valence electrons. The zero-order valence-corrected chi connectivity index (χ0v) is 15.9. The van der Waals surface area contributed by atoms with Gasteiger partial charge in [-0.15, -0.1) is 10.2 Å². The van der Waals surface area contributed by atoms with E-state index in [0.717, 1.165) is 4.68 Å². The molecule has 1 aliphatic rings. The van der Waals surface area contributed by atoms with E-state index in [9.17, 15) is 19.2 Å². The van der Waals surface area contributed by atoms with Crippen molar-refractivity contribution in [2.75, 3.05) is 5.73 Å². The van der Waals surface area contributed by atoms with Gasteiger partial charge in [0.2, 0.25) is 0 Å². The maximum Gasteiger partial charge on any atom is 0.364 e. The maximum atomic E-state index is 12.9. The highest BCUT2D eigenvalue weighted by atomic mass is 16.7. The molecule has 4 rings (SSSR count). The number of hydrogen-bond donors (Lipinski definition) is 1. The Morgan fingerprint density at radius 2 is 1.90 bits per heavy atom. The average Bonchev–Trinajstić information content (AvgIpc) is 2.72. The summed E-state index contributed by atoms with van der Waals surface area (Å²) in [7, 11) is 0. The first-order valence-electron chi connectivity index (χ1n) is 9.17. The van der Waals surface area contributed by atoms with Crippen molar-refractivity contribution in [2.24, 2.45) is 0 Å². The fourth-order valence-electron chi connectivity index (χ4n) is 3.33. The highest BCUT2D eigenvalue weighted by molar-refractivity contribution is 6.01. The van der Waals surface area contributed by atoms with Gasteiger partial charge in [0.25, 0.3) is 17.4 Å². The second kappa shape index (κ2) is 7.39.